The zero-order valence-electron chi connectivity index (χ0n) is 16.4. The van der Waals surface area contributed by atoms with Crippen LogP contribution >= 0.6 is 0 Å². The number of hydrogen-bond acceptors (Lipinski definition) is 3. The van der Waals surface area contributed by atoms with E-state index in [0.29, 0.717) is 12.1 Å². The first-order chi connectivity index (χ1) is 12.7. The molecule has 27 heavy (non-hydrogen) atoms. The van der Waals surface area contributed by atoms with Gasteiger partial charge in [-0.2, -0.15) is 0 Å². The van der Waals surface area contributed by atoms with Gasteiger partial charge in [-0.15, -0.1) is 0 Å². The van der Waals surface area contributed by atoms with Crippen molar-refractivity contribution in [2.75, 3.05) is 17.1 Å². The molecule has 1 amide bonds. The van der Waals surface area contributed by atoms with Gasteiger partial charge in [-0.1, -0.05) is 42.5 Å². The minimum Gasteiger partial charge on any atom is -0.350 e. The number of hydrogen-bond donors (Lipinski definition) is 1. The lowest BCUT2D eigenvalue weighted by Crippen LogP contribution is -2.33. The predicted molar refractivity (Wildman–Crippen MR) is 110 cm³/mol. The number of aryl methyl sites for hydroxylation is 2. The highest BCUT2D eigenvalue weighted by Crippen LogP contribution is 2.24. The molecule has 2 aromatic carbocycles. The highest BCUT2D eigenvalue weighted by atomic mass is 32.2. The zero-order valence-corrected chi connectivity index (χ0v) is 17.2. The average Bonchev–Trinajstić information content (AvgIpc) is 2.61. The van der Waals surface area contributed by atoms with Gasteiger partial charge in [0, 0.05) is 13.0 Å². The zero-order chi connectivity index (χ0) is 20.0. The molecule has 0 aliphatic heterocycles. The summed E-state index contributed by atoms with van der Waals surface area (Å²) in [7, 11) is -3.42. The van der Waals surface area contributed by atoms with Crippen molar-refractivity contribution in [2.45, 2.75) is 39.7 Å². The maximum Gasteiger partial charge on any atom is 0.232 e. The van der Waals surface area contributed by atoms with Crippen molar-refractivity contribution in [1.29, 1.82) is 0 Å². The summed E-state index contributed by atoms with van der Waals surface area (Å²) >= 11 is 0. The molecule has 0 aliphatic carbocycles. The molecule has 6 heteroatoms. The summed E-state index contributed by atoms with van der Waals surface area (Å²) in [5.74, 6) is -0.0826. The lowest BCUT2D eigenvalue weighted by molar-refractivity contribution is -0.121. The number of amides is 1. The minimum atomic E-state index is -3.42. The van der Waals surface area contributed by atoms with Gasteiger partial charge in [-0.05, 0) is 49.9 Å². The fraction of sp³-hybridized carbons (Fsp3) is 0.381. The van der Waals surface area contributed by atoms with Gasteiger partial charge in [0.25, 0.3) is 0 Å². The van der Waals surface area contributed by atoms with Crippen LogP contribution in [0.1, 0.15) is 42.5 Å². The number of benzene rings is 2. The first-order valence-corrected chi connectivity index (χ1v) is 10.9. The second kappa shape index (κ2) is 9.04. The second-order valence-corrected chi connectivity index (χ2v) is 8.84. The molecule has 0 fully saturated rings. The molecular formula is C21H28N2O3S. The Bertz CT molecular complexity index is 880. The molecule has 1 atom stereocenters. The van der Waals surface area contributed by atoms with Gasteiger partial charge in [0.1, 0.15) is 0 Å². The van der Waals surface area contributed by atoms with E-state index in [1.807, 2.05) is 69.3 Å². The third-order valence-corrected chi connectivity index (χ3v) is 5.66. The summed E-state index contributed by atoms with van der Waals surface area (Å²) in [4.78, 5) is 12.2. The van der Waals surface area contributed by atoms with E-state index in [0.717, 1.165) is 16.7 Å². The fourth-order valence-electron chi connectivity index (χ4n) is 2.97. The van der Waals surface area contributed by atoms with E-state index in [2.05, 4.69) is 5.32 Å². The molecule has 0 spiro atoms. The molecule has 0 heterocycles. The second-order valence-electron chi connectivity index (χ2n) is 6.93. The lowest BCUT2D eigenvalue weighted by Gasteiger charge is -2.24. The standard InChI is InChI=1S/C21H28N2O3S/c1-16-12-13-17(2)20(15-16)23(27(4,25)26)14-8-11-21(24)22-18(3)19-9-6-5-7-10-19/h5-7,9-10,12-13,15,18H,8,11,14H2,1-4H3,(H,22,24)/t18-/m0/s1. The van der Waals surface area contributed by atoms with Gasteiger partial charge < -0.3 is 5.32 Å². The fourth-order valence-corrected chi connectivity index (χ4v) is 3.99. The van der Waals surface area contributed by atoms with Gasteiger partial charge in [-0.3, -0.25) is 9.10 Å². The SMILES string of the molecule is Cc1ccc(C)c(N(CCCC(=O)N[C@@H](C)c2ccccc2)S(C)(=O)=O)c1. The van der Waals surface area contributed by atoms with Crippen LogP contribution in [-0.2, 0) is 14.8 Å². The molecule has 0 unspecified atom stereocenters. The minimum absolute atomic E-state index is 0.0799. The molecule has 1 N–H and O–H groups in total. The number of nitrogens with one attached hydrogen (secondary N) is 1. The van der Waals surface area contributed by atoms with Gasteiger partial charge in [-0.25, -0.2) is 8.42 Å². The highest BCUT2D eigenvalue weighted by molar-refractivity contribution is 7.92. The Morgan fingerprint density at radius 3 is 2.41 bits per heavy atom. The number of sulfonamides is 1. The smallest absolute Gasteiger partial charge is 0.232 e. The van der Waals surface area contributed by atoms with Crippen LogP contribution in [0, 0.1) is 13.8 Å². The van der Waals surface area contributed by atoms with Crippen LogP contribution in [0.5, 0.6) is 0 Å². The van der Waals surface area contributed by atoms with E-state index in [1.165, 1.54) is 10.6 Å². The summed E-state index contributed by atoms with van der Waals surface area (Å²) < 4.78 is 25.9. The molecular weight excluding hydrogens is 360 g/mol. The molecule has 0 saturated carbocycles. The van der Waals surface area contributed by atoms with Crippen molar-refractivity contribution in [3.05, 3.63) is 65.2 Å². The number of rotatable bonds is 8. The maximum absolute atomic E-state index is 12.3. The summed E-state index contributed by atoms with van der Waals surface area (Å²) in [6, 6.07) is 15.4. The van der Waals surface area contributed by atoms with Crippen LogP contribution in [0.4, 0.5) is 5.69 Å². The van der Waals surface area contributed by atoms with E-state index in [9.17, 15) is 13.2 Å². The van der Waals surface area contributed by atoms with Crippen molar-refractivity contribution in [2.24, 2.45) is 0 Å². The Balaban J connectivity index is 1.98. The molecule has 146 valence electrons. The maximum atomic E-state index is 12.3. The Kier molecular flexibility index (Phi) is 7.02. The number of anilines is 1. The monoisotopic (exact) mass is 388 g/mol. The summed E-state index contributed by atoms with van der Waals surface area (Å²) in [5, 5.41) is 2.96. The van der Waals surface area contributed by atoms with Gasteiger partial charge >= 0.3 is 0 Å². The van der Waals surface area contributed by atoms with E-state index in [1.54, 1.807) is 0 Å². The normalized spacial score (nSPS) is 12.4. The summed E-state index contributed by atoms with van der Waals surface area (Å²) in [5.41, 5.74) is 3.61. The molecule has 0 saturated heterocycles. The molecule has 2 aromatic rings. The van der Waals surface area contributed by atoms with Crippen LogP contribution in [0.15, 0.2) is 48.5 Å². The largest absolute Gasteiger partial charge is 0.350 e. The van der Waals surface area contributed by atoms with E-state index in [-0.39, 0.29) is 24.9 Å². The molecule has 2 rings (SSSR count). The average molecular weight is 389 g/mol. The Morgan fingerprint density at radius 2 is 1.78 bits per heavy atom. The van der Waals surface area contributed by atoms with Crippen LogP contribution in [0.3, 0.4) is 0 Å². The predicted octanol–water partition coefficient (Wildman–Crippen LogP) is 3.73. The summed E-state index contributed by atoms with van der Waals surface area (Å²) in [6.07, 6.45) is 1.92. The van der Waals surface area contributed by atoms with E-state index in [4.69, 9.17) is 0 Å². The van der Waals surface area contributed by atoms with E-state index < -0.39 is 10.0 Å². The first-order valence-electron chi connectivity index (χ1n) is 9.08. The van der Waals surface area contributed by atoms with Crippen LogP contribution in [0.2, 0.25) is 0 Å². The Labute approximate surface area is 162 Å². The number of nitrogens with zero attached hydrogens (tertiary/aromatic N) is 1. The van der Waals surface area contributed by atoms with Gasteiger partial charge in [0.05, 0.1) is 18.0 Å². The van der Waals surface area contributed by atoms with Crippen LogP contribution < -0.4 is 9.62 Å². The molecule has 0 radical (unpaired) electrons. The van der Waals surface area contributed by atoms with Crippen molar-refractivity contribution < 1.29 is 13.2 Å². The summed E-state index contributed by atoms with van der Waals surface area (Å²) in [6.45, 7) is 6.03. The third kappa shape index (κ3) is 6.10. The third-order valence-electron chi connectivity index (χ3n) is 4.48. The molecule has 0 bridgehead atoms. The number of carbonyl (C=O) groups excluding carboxylic acids is 1. The molecule has 0 aromatic heterocycles. The van der Waals surface area contributed by atoms with Crippen molar-refractivity contribution in [3.63, 3.8) is 0 Å². The van der Waals surface area contributed by atoms with Crippen molar-refractivity contribution >= 4 is 21.6 Å². The van der Waals surface area contributed by atoms with Crippen molar-refractivity contribution in [3.8, 4) is 0 Å². The van der Waals surface area contributed by atoms with Gasteiger partial charge in [0.15, 0.2) is 0 Å². The van der Waals surface area contributed by atoms with Crippen LogP contribution in [0.25, 0.3) is 0 Å². The van der Waals surface area contributed by atoms with Gasteiger partial charge in [0.2, 0.25) is 15.9 Å². The topological polar surface area (TPSA) is 66.5 Å². The quantitative estimate of drug-likeness (QED) is 0.749. The number of carbonyl (C=O) groups is 1. The van der Waals surface area contributed by atoms with E-state index >= 15 is 0 Å². The van der Waals surface area contributed by atoms with Crippen molar-refractivity contribution in [1.82, 2.24) is 5.32 Å². The molecule has 5 nitrogen and oxygen atoms in total. The Morgan fingerprint density at radius 1 is 1.11 bits per heavy atom. The Hall–Kier alpha value is -2.34. The molecule has 0 aliphatic rings. The highest BCUT2D eigenvalue weighted by Gasteiger charge is 2.19. The van der Waals surface area contributed by atoms with Crippen LogP contribution in [-0.4, -0.2) is 27.1 Å². The first kappa shape index (κ1) is 21.0. The lowest BCUT2D eigenvalue weighted by atomic mass is 10.1.